The number of aromatic nitrogens is 6. The van der Waals surface area contributed by atoms with Crippen LogP contribution in [0.3, 0.4) is 0 Å². The van der Waals surface area contributed by atoms with Crippen molar-refractivity contribution in [3.8, 4) is 5.69 Å². The Hall–Kier alpha value is -3.85. The number of hydrogen-bond acceptors (Lipinski definition) is 6. The molecule has 0 aliphatic rings. The smallest absolute Gasteiger partial charge is 0.182 e. The summed E-state index contributed by atoms with van der Waals surface area (Å²) in [6.45, 7) is 2.08. The molecule has 31 heavy (non-hydrogen) atoms. The van der Waals surface area contributed by atoms with Gasteiger partial charge in [0, 0.05) is 18.4 Å². The molecular weight excluding hydrogens is 397 g/mol. The van der Waals surface area contributed by atoms with Gasteiger partial charge in [0.05, 0.1) is 24.0 Å². The van der Waals surface area contributed by atoms with Crippen molar-refractivity contribution in [3.63, 3.8) is 0 Å². The van der Waals surface area contributed by atoms with E-state index in [1.54, 1.807) is 26.4 Å². The first-order chi connectivity index (χ1) is 15.2. The van der Waals surface area contributed by atoms with Crippen molar-refractivity contribution >= 4 is 28.0 Å². The molecule has 156 valence electrons. The van der Waals surface area contributed by atoms with E-state index in [-0.39, 0.29) is 11.9 Å². The number of aryl methyl sites for hydroxylation is 1. The number of aromatic amines is 1. The Morgan fingerprint density at radius 1 is 1.13 bits per heavy atom. The van der Waals surface area contributed by atoms with Crippen LogP contribution in [-0.4, -0.2) is 43.2 Å². The van der Waals surface area contributed by atoms with E-state index in [1.165, 1.54) is 12.4 Å². The van der Waals surface area contributed by atoms with Crippen LogP contribution in [0, 0.1) is 12.7 Å². The fraction of sp³-hybridized carbons (Fsp3) is 0.182. The van der Waals surface area contributed by atoms with Crippen LogP contribution in [-0.2, 0) is 4.74 Å². The van der Waals surface area contributed by atoms with Gasteiger partial charge in [-0.15, -0.1) is 0 Å². The number of nitrogens with one attached hydrogen (secondary N) is 2. The second-order valence-electron chi connectivity index (χ2n) is 7.16. The molecule has 0 saturated carbocycles. The van der Waals surface area contributed by atoms with Gasteiger partial charge in [0.2, 0.25) is 0 Å². The molecule has 5 rings (SSSR count). The molecule has 0 aliphatic carbocycles. The van der Waals surface area contributed by atoms with Crippen LogP contribution in [0.1, 0.15) is 17.4 Å². The summed E-state index contributed by atoms with van der Waals surface area (Å²) in [7, 11) is 1.63. The zero-order chi connectivity index (χ0) is 21.4. The second-order valence-corrected chi connectivity index (χ2v) is 7.16. The third-order valence-electron chi connectivity index (χ3n) is 5.22. The van der Waals surface area contributed by atoms with Crippen LogP contribution in [0.25, 0.3) is 27.9 Å². The molecule has 0 spiro atoms. The number of methoxy groups -OCH3 is 1. The van der Waals surface area contributed by atoms with Crippen molar-refractivity contribution in [1.29, 1.82) is 0 Å². The summed E-state index contributed by atoms with van der Waals surface area (Å²) in [5, 5.41) is 3.41. The number of anilines is 1. The molecule has 8 nitrogen and oxygen atoms in total. The summed E-state index contributed by atoms with van der Waals surface area (Å²) in [5.74, 6) is 0.990. The van der Waals surface area contributed by atoms with Crippen molar-refractivity contribution < 1.29 is 9.13 Å². The van der Waals surface area contributed by atoms with Crippen molar-refractivity contribution in [3.05, 3.63) is 72.3 Å². The lowest BCUT2D eigenvalue weighted by molar-refractivity contribution is 0.183. The molecule has 0 bridgehead atoms. The van der Waals surface area contributed by atoms with E-state index in [0.29, 0.717) is 40.5 Å². The van der Waals surface area contributed by atoms with E-state index in [9.17, 15) is 4.39 Å². The predicted octanol–water partition coefficient (Wildman–Crippen LogP) is 3.94. The summed E-state index contributed by atoms with van der Waals surface area (Å²) in [6.07, 6.45) is 3.02. The molecule has 3 aromatic heterocycles. The Labute approximate surface area is 177 Å². The highest BCUT2D eigenvalue weighted by atomic mass is 19.1. The molecule has 9 heteroatoms. The average Bonchev–Trinajstić information content (AvgIpc) is 3.42. The third-order valence-corrected chi connectivity index (χ3v) is 5.22. The zero-order valence-electron chi connectivity index (χ0n) is 17.0. The van der Waals surface area contributed by atoms with Crippen molar-refractivity contribution in [2.24, 2.45) is 0 Å². The summed E-state index contributed by atoms with van der Waals surface area (Å²) in [5.41, 5.74) is 4.09. The number of benzene rings is 2. The van der Waals surface area contributed by atoms with Gasteiger partial charge in [0.15, 0.2) is 11.5 Å². The van der Waals surface area contributed by atoms with Crippen molar-refractivity contribution in [1.82, 2.24) is 29.5 Å². The Kier molecular flexibility index (Phi) is 4.79. The summed E-state index contributed by atoms with van der Waals surface area (Å²) in [6, 6.07) is 12.5. The first-order valence-corrected chi connectivity index (χ1v) is 9.79. The Morgan fingerprint density at radius 2 is 1.97 bits per heavy atom. The molecule has 0 amide bonds. The van der Waals surface area contributed by atoms with E-state index in [2.05, 4.69) is 25.3 Å². The standard InChI is InChI=1S/C22H20FN7O/c1-13-15(23)8-9-16-19(13)30(14-6-4-3-5-7-14)22(29-16)17(10-31-2)28-21-18-20(25-11-24-18)26-12-27-21/h3-9,11-12,17H,10H2,1-2H3,(H2,24,25,26,27,28)/t17-/m0/s1. The van der Waals surface area contributed by atoms with Crippen LogP contribution >= 0.6 is 0 Å². The topological polar surface area (TPSA) is 93.5 Å². The minimum atomic E-state index is -0.374. The van der Waals surface area contributed by atoms with Gasteiger partial charge < -0.3 is 15.0 Å². The Morgan fingerprint density at radius 3 is 2.77 bits per heavy atom. The largest absolute Gasteiger partial charge is 0.382 e. The molecule has 1 atom stereocenters. The lowest BCUT2D eigenvalue weighted by atomic mass is 10.2. The van der Waals surface area contributed by atoms with Crippen LogP contribution in [0.5, 0.6) is 0 Å². The number of para-hydroxylation sites is 1. The minimum Gasteiger partial charge on any atom is -0.382 e. The maximum Gasteiger partial charge on any atom is 0.182 e. The highest BCUT2D eigenvalue weighted by Crippen LogP contribution is 2.31. The van der Waals surface area contributed by atoms with Gasteiger partial charge in [-0.3, -0.25) is 4.57 Å². The van der Waals surface area contributed by atoms with Crippen LogP contribution in [0.2, 0.25) is 0 Å². The SMILES string of the molecule is COC[C@H](Nc1ncnc2nc[nH]c12)c1nc2ccc(F)c(C)c2n1-c1ccccc1. The van der Waals surface area contributed by atoms with Crippen molar-refractivity contribution in [2.45, 2.75) is 13.0 Å². The molecule has 0 radical (unpaired) electrons. The second kappa shape index (κ2) is 7.77. The van der Waals surface area contributed by atoms with Gasteiger partial charge in [-0.25, -0.2) is 24.3 Å². The fourth-order valence-corrected chi connectivity index (χ4v) is 3.78. The van der Waals surface area contributed by atoms with Gasteiger partial charge in [-0.2, -0.15) is 0 Å². The molecule has 0 fully saturated rings. The maximum absolute atomic E-state index is 14.5. The molecule has 2 aromatic carbocycles. The molecular formula is C22H20FN7O. The summed E-state index contributed by atoms with van der Waals surface area (Å²) >= 11 is 0. The van der Waals surface area contributed by atoms with Gasteiger partial charge in [0.25, 0.3) is 0 Å². The number of rotatable bonds is 6. The maximum atomic E-state index is 14.5. The van der Waals surface area contributed by atoms with Gasteiger partial charge in [-0.1, -0.05) is 18.2 Å². The summed E-state index contributed by atoms with van der Waals surface area (Å²) < 4.78 is 22.0. The molecule has 3 heterocycles. The van der Waals surface area contributed by atoms with E-state index < -0.39 is 0 Å². The minimum absolute atomic E-state index is 0.276. The normalized spacial score (nSPS) is 12.5. The van der Waals surface area contributed by atoms with Gasteiger partial charge in [-0.05, 0) is 31.2 Å². The molecule has 5 aromatic rings. The summed E-state index contributed by atoms with van der Waals surface area (Å²) in [4.78, 5) is 20.6. The first kappa shape index (κ1) is 19.1. The highest BCUT2D eigenvalue weighted by Gasteiger charge is 2.24. The van der Waals surface area contributed by atoms with Gasteiger partial charge >= 0.3 is 0 Å². The molecule has 0 unspecified atom stereocenters. The van der Waals surface area contributed by atoms with Crippen LogP contribution in [0.15, 0.2) is 55.1 Å². The molecule has 0 aliphatic heterocycles. The van der Waals surface area contributed by atoms with E-state index >= 15 is 0 Å². The molecule has 2 N–H and O–H groups in total. The van der Waals surface area contributed by atoms with Gasteiger partial charge in [0.1, 0.15) is 29.5 Å². The van der Waals surface area contributed by atoms with E-state index in [1.807, 2.05) is 34.9 Å². The number of halogens is 1. The average molecular weight is 417 g/mol. The van der Waals surface area contributed by atoms with Crippen LogP contribution in [0.4, 0.5) is 10.2 Å². The lowest BCUT2D eigenvalue weighted by Gasteiger charge is -2.20. The number of ether oxygens (including phenoxy) is 1. The van der Waals surface area contributed by atoms with Crippen LogP contribution < -0.4 is 5.32 Å². The first-order valence-electron chi connectivity index (χ1n) is 9.79. The zero-order valence-corrected chi connectivity index (χ0v) is 17.0. The number of nitrogens with zero attached hydrogens (tertiary/aromatic N) is 5. The monoisotopic (exact) mass is 417 g/mol. The fourth-order valence-electron chi connectivity index (χ4n) is 3.78. The Bertz CT molecular complexity index is 1360. The lowest BCUT2D eigenvalue weighted by Crippen LogP contribution is -2.21. The highest BCUT2D eigenvalue weighted by molar-refractivity contribution is 5.83. The van der Waals surface area contributed by atoms with E-state index in [4.69, 9.17) is 9.72 Å². The quantitative estimate of drug-likeness (QED) is 0.435. The number of fused-ring (bicyclic) bond motifs is 2. The number of imidazole rings is 2. The molecule has 0 saturated heterocycles. The number of hydrogen-bond donors (Lipinski definition) is 2. The van der Waals surface area contributed by atoms with E-state index in [0.717, 1.165) is 11.2 Å². The third kappa shape index (κ3) is 3.28. The van der Waals surface area contributed by atoms with Crippen molar-refractivity contribution in [2.75, 3.05) is 19.0 Å². The Balaban J connectivity index is 1.71. The predicted molar refractivity (Wildman–Crippen MR) is 116 cm³/mol. The number of H-pyrrole nitrogens is 1.